The molecule has 1 heterocycles. The number of benzene rings is 1. The zero-order valence-corrected chi connectivity index (χ0v) is 15.7. The molecule has 1 amide bonds. The zero-order chi connectivity index (χ0) is 17.6. The van der Waals surface area contributed by atoms with Crippen LogP contribution in [-0.4, -0.2) is 24.2 Å². The first-order valence-corrected chi connectivity index (χ1v) is 8.18. The van der Waals surface area contributed by atoms with Crippen LogP contribution in [0.25, 0.3) is 0 Å². The fourth-order valence-electron chi connectivity index (χ4n) is 2.16. The lowest BCUT2D eigenvalue weighted by atomic mass is 9.77. The lowest BCUT2D eigenvalue weighted by molar-refractivity contribution is -0.123. The van der Waals surface area contributed by atoms with Gasteiger partial charge in [0.2, 0.25) is 5.91 Å². The van der Waals surface area contributed by atoms with E-state index in [2.05, 4.69) is 5.32 Å². The van der Waals surface area contributed by atoms with Crippen molar-refractivity contribution in [2.75, 3.05) is 5.32 Å². The van der Waals surface area contributed by atoms with E-state index in [-0.39, 0.29) is 5.91 Å². The molecule has 0 spiro atoms. The largest absolute Gasteiger partial charge is 0.498 e. The zero-order valence-electron chi connectivity index (χ0n) is 14.9. The van der Waals surface area contributed by atoms with Gasteiger partial charge in [0.15, 0.2) is 0 Å². The second-order valence-electron chi connectivity index (χ2n) is 7.99. The van der Waals surface area contributed by atoms with Crippen LogP contribution in [0.2, 0.25) is 5.02 Å². The Morgan fingerprint density at radius 1 is 1.13 bits per heavy atom. The first-order valence-electron chi connectivity index (χ1n) is 7.81. The summed E-state index contributed by atoms with van der Waals surface area (Å²) in [6, 6.07) is 5.39. The van der Waals surface area contributed by atoms with Gasteiger partial charge in [-0.05, 0) is 39.8 Å². The molecule has 0 unspecified atom stereocenters. The summed E-state index contributed by atoms with van der Waals surface area (Å²) in [5, 5.41) is 3.45. The summed E-state index contributed by atoms with van der Waals surface area (Å²) in [6.07, 6.45) is 0. The number of amides is 1. The highest BCUT2D eigenvalue weighted by Gasteiger charge is 2.53. The molecule has 23 heavy (non-hydrogen) atoms. The normalized spacial score (nSPS) is 19.7. The van der Waals surface area contributed by atoms with E-state index >= 15 is 0 Å². The van der Waals surface area contributed by atoms with Crippen LogP contribution in [0.1, 0.15) is 48.5 Å². The number of carbonyl (C=O) groups is 1. The van der Waals surface area contributed by atoms with Gasteiger partial charge in [-0.3, -0.25) is 4.79 Å². The first-order chi connectivity index (χ1) is 10.3. The van der Waals surface area contributed by atoms with E-state index < -0.39 is 23.7 Å². The number of halogens is 1. The average Bonchev–Trinajstić information content (AvgIpc) is 2.56. The topological polar surface area (TPSA) is 47.6 Å². The van der Waals surface area contributed by atoms with Crippen LogP contribution in [0.3, 0.4) is 0 Å². The van der Waals surface area contributed by atoms with E-state index in [1.54, 1.807) is 12.1 Å². The molecule has 0 bridgehead atoms. The molecule has 1 aliphatic heterocycles. The Bertz CT molecular complexity index is 607. The van der Waals surface area contributed by atoms with Crippen molar-refractivity contribution in [2.45, 2.75) is 59.7 Å². The Kier molecular flexibility index (Phi) is 4.61. The molecule has 1 aromatic rings. The third kappa shape index (κ3) is 3.57. The van der Waals surface area contributed by atoms with Crippen molar-refractivity contribution in [3.05, 3.63) is 23.2 Å². The summed E-state index contributed by atoms with van der Waals surface area (Å²) < 4.78 is 12.2. The summed E-state index contributed by atoms with van der Waals surface area (Å²) in [5.74, 6) is -0.0856. The van der Waals surface area contributed by atoms with Gasteiger partial charge in [-0.2, -0.15) is 0 Å². The van der Waals surface area contributed by atoms with E-state index in [0.29, 0.717) is 16.2 Å². The Morgan fingerprint density at radius 3 is 2.13 bits per heavy atom. The first kappa shape index (κ1) is 18.3. The number of hydrogen-bond acceptors (Lipinski definition) is 3. The van der Waals surface area contributed by atoms with Crippen LogP contribution in [0.4, 0.5) is 5.69 Å². The van der Waals surface area contributed by atoms with Gasteiger partial charge < -0.3 is 14.6 Å². The van der Waals surface area contributed by atoms with Crippen molar-refractivity contribution in [2.24, 2.45) is 5.41 Å². The molecule has 1 N–H and O–H groups in total. The van der Waals surface area contributed by atoms with Crippen molar-refractivity contribution < 1.29 is 14.1 Å². The van der Waals surface area contributed by atoms with Crippen LogP contribution in [0, 0.1) is 5.41 Å². The predicted octanol–water partition coefficient (Wildman–Crippen LogP) is 3.62. The fraction of sp³-hybridized carbons (Fsp3) is 0.588. The predicted molar refractivity (Wildman–Crippen MR) is 95.3 cm³/mol. The maximum atomic E-state index is 12.3. The third-order valence-corrected chi connectivity index (χ3v) is 4.80. The number of anilines is 1. The van der Waals surface area contributed by atoms with Gasteiger partial charge in [0.1, 0.15) is 0 Å². The van der Waals surface area contributed by atoms with Crippen molar-refractivity contribution in [1.29, 1.82) is 0 Å². The SMILES string of the molecule is CC(C)(C)C(=O)Nc1cccc(Cl)c1B1OC(C)(C)C(C)(C)O1. The highest BCUT2D eigenvalue weighted by atomic mass is 35.5. The van der Waals surface area contributed by atoms with E-state index in [1.807, 2.05) is 54.5 Å². The molecule has 0 saturated carbocycles. The van der Waals surface area contributed by atoms with Crippen molar-refractivity contribution in [1.82, 2.24) is 0 Å². The van der Waals surface area contributed by atoms with Crippen LogP contribution in [0.15, 0.2) is 18.2 Å². The standard InChI is InChI=1S/C17H25BClNO3/c1-15(2,3)14(21)20-12-10-8-9-11(19)13(12)18-22-16(4,5)17(6,7)23-18/h8-10H,1-7H3,(H,20,21). The van der Waals surface area contributed by atoms with Gasteiger partial charge in [0, 0.05) is 21.6 Å². The number of nitrogens with one attached hydrogen (secondary N) is 1. The van der Waals surface area contributed by atoms with Crippen LogP contribution < -0.4 is 10.8 Å². The highest BCUT2D eigenvalue weighted by Crippen LogP contribution is 2.37. The molecule has 0 atom stereocenters. The third-order valence-electron chi connectivity index (χ3n) is 4.47. The lowest BCUT2D eigenvalue weighted by Crippen LogP contribution is -2.41. The molecular formula is C17H25BClNO3. The minimum atomic E-state index is -0.621. The monoisotopic (exact) mass is 337 g/mol. The number of hydrogen-bond donors (Lipinski definition) is 1. The van der Waals surface area contributed by atoms with E-state index in [1.165, 1.54) is 0 Å². The van der Waals surface area contributed by atoms with E-state index in [4.69, 9.17) is 20.9 Å². The fourth-order valence-corrected chi connectivity index (χ4v) is 2.42. The molecule has 6 heteroatoms. The Balaban J connectivity index is 2.39. The van der Waals surface area contributed by atoms with E-state index in [9.17, 15) is 4.79 Å². The molecule has 1 saturated heterocycles. The maximum Gasteiger partial charge on any atom is 0.498 e. The van der Waals surface area contributed by atoms with Crippen LogP contribution >= 0.6 is 11.6 Å². The maximum absolute atomic E-state index is 12.3. The van der Waals surface area contributed by atoms with Gasteiger partial charge in [-0.15, -0.1) is 0 Å². The molecule has 126 valence electrons. The second-order valence-corrected chi connectivity index (χ2v) is 8.40. The van der Waals surface area contributed by atoms with Gasteiger partial charge in [-0.25, -0.2) is 0 Å². The Labute approximate surface area is 144 Å². The molecule has 0 aliphatic carbocycles. The Hall–Kier alpha value is -1.04. The second kappa shape index (κ2) is 5.80. The van der Waals surface area contributed by atoms with Gasteiger partial charge in [0.05, 0.1) is 11.2 Å². The minimum absolute atomic E-state index is 0.0856. The summed E-state index contributed by atoms with van der Waals surface area (Å²) >= 11 is 6.38. The summed E-state index contributed by atoms with van der Waals surface area (Å²) in [7, 11) is -0.621. The molecule has 2 rings (SSSR count). The van der Waals surface area contributed by atoms with Gasteiger partial charge in [0.25, 0.3) is 0 Å². The Morgan fingerprint density at radius 2 is 1.65 bits per heavy atom. The number of rotatable bonds is 2. The lowest BCUT2D eigenvalue weighted by Gasteiger charge is -2.32. The summed E-state index contributed by atoms with van der Waals surface area (Å²) in [4.78, 5) is 12.3. The summed E-state index contributed by atoms with van der Waals surface area (Å²) in [5.41, 5.74) is -0.166. The molecule has 1 fully saturated rings. The molecule has 1 aliphatic rings. The van der Waals surface area contributed by atoms with Gasteiger partial charge >= 0.3 is 7.12 Å². The molecule has 4 nitrogen and oxygen atoms in total. The molecule has 1 aromatic carbocycles. The van der Waals surface area contributed by atoms with Crippen LogP contribution in [0.5, 0.6) is 0 Å². The van der Waals surface area contributed by atoms with E-state index in [0.717, 1.165) is 0 Å². The van der Waals surface area contributed by atoms with Crippen LogP contribution in [-0.2, 0) is 14.1 Å². The molecule has 0 radical (unpaired) electrons. The number of carbonyl (C=O) groups excluding carboxylic acids is 1. The highest BCUT2D eigenvalue weighted by molar-refractivity contribution is 6.67. The van der Waals surface area contributed by atoms with Crippen molar-refractivity contribution in [3.63, 3.8) is 0 Å². The quantitative estimate of drug-likeness (QED) is 0.838. The smallest absolute Gasteiger partial charge is 0.399 e. The van der Waals surface area contributed by atoms with Crippen molar-refractivity contribution >= 4 is 35.8 Å². The molecule has 0 aromatic heterocycles. The van der Waals surface area contributed by atoms with Gasteiger partial charge in [-0.1, -0.05) is 38.4 Å². The summed E-state index contributed by atoms with van der Waals surface area (Å²) in [6.45, 7) is 13.5. The minimum Gasteiger partial charge on any atom is -0.399 e. The molecular weight excluding hydrogens is 312 g/mol. The van der Waals surface area contributed by atoms with Crippen molar-refractivity contribution in [3.8, 4) is 0 Å². The average molecular weight is 338 g/mol.